The number of ketones is 1. The van der Waals surface area contributed by atoms with Gasteiger partial charge in [-0.2, -0.15) is 0 Å². The fourth-order valence-corrected chi connectivity index (χ4v) is 4.69. The van der Waals surface area contributed by atoms with E-state index in [1.54, 1.807) is 29.2 Å². The maximum absolute atomic E-state index is 13.8. The first-order chi connectivity index (χ1) is 17.4. The van der Waals surface area contributed by atoms with Gasteiger partial charge in [-0.05, 0) is 60.7 Å². The molecule has 5 nitrogen and oxygen atoms in total. The van der Waals surface area contributed by atoms with Crippen LogP contribution in [0.4, 0.5) is 5.69 Å². The van der Waals surface area contributed by atoms with Crippen LogP contribution in [0.25, 0.3) is 0 Å². The van der Waals surface area contributed by atoms with Gasteiger partial charge in [0, 0.05) is 22.7 Å². The van der Waals surface area contributed by atoms with E-state index in [-0.39, 0.29) is 24.0 Å². The Bertz CT molecular complexity index is 1320. The van der Waals surface area contributed by atoms with Gasteiger partial charge >= 0.3 is 0 Å². The standard InChI is InChI=1S/C30H28N2O3S/c1-21-10-12-25(13-11-21)29(30(35)31-20-23-7-4-3-5-8-23)32(28(34)19-27-9-6-18-36-27)26-16-14-24(15-17-26)22(2)33/h3-18,29H,19-20H2,1-2H3,(H,31,35). The van der Waals surface area contributed by atoms with Crippen molar-refractivity contribution in [1.82, 2.24) is 5.32 Å². The Morgan fingerprint density at radius 3 is 2.17 bits per heavy atom. The van der Waals surface area contributed by atoms with Crippen LogP contribution >= 0.6 is 11.3 Å². The predicted molar refractivity (Wildman–Crippen MR) is 144 cm³/mol. The quantitative estimate of drug-likeness (QED) is 0.294. The van der Waals surface area contributed by atoms with Gasteiger partial charge in [0.05, 0.1) is 6.42 Å². The van der Waals surface area contributed by atoms with Gasteiger partial charge in [-0.3, -0.25) is 19.3 Å². The molecule has 36 heavy (non-hydrogen) atoms. The fraction of sp³-hybridized carbons (Fsp3) is 0.167. The minimum atomic E-state index is -0.884. The van der Waals surface area contributed by atoms with E-state index in [4.69, 9.17) is 0 Å². The second-order valence-electron chi connectivity index (χ2n) is 8.64. The molecule has 3 aromatic carbocycles. The van der Waals surface area contributed by atoms with Gasteiger partial charge in [0.15, 0.2) is 5.78 Å². The number of nitrogens with one attached hydrogen (secondary N) is 1. The number of carbonyl (C=O) groups excluding carboxylic acids is 3. The van der Waals surface area contributed by atoms with Crippen molar-refractivity contribution >= 4 is 34.6 Å². The molecule has 182 valence electrons. The van der Waals surface area contributed by atoms with Gasteiger partial charge in [0.1, 0.15) is 6.04 Å². The van der Waals surface area contributed by atoms with E-state index in [9.17, 15) is 14.4 Å². The predicted octanol–water partition coefficient (Wildman–Crippen LogP) is 5.89. The summed E-state index contributed by atoms with van der Waals surface area (Å²) in [5, 5.41) is 4.95. The molecule has 0 aliphatic carbocycles. The molecule has 0 saturated carbocycles. The third kappa shape index (κ3) is 6.15. The molecule has 2 amide bonds. The van der Waals surface area contributed by atoms with Crippen molar-refractivity contribution in [3.63, 3.8) is 0 Å². The summed E-state index contributed by atoms with van der Waals surface area (Å²) in [6.07, 6.45) is 0.167. The second-order valence-corrected chi connectivity index (χ2v) is 9.67. The summed E-state index contributed by atoms with van der Waals surface area (Å²) < 4.78 is 0. The number of hydrogen-bond acceptors (Lipinski definition) is 4. The average Bonchev–Trinajstić information content (AvgIpc) is 3.40. The monoisotopic (exact) mass is 496 g/mol. The third-order valence-corrected chi connectivity index (χ3v) is 6.81. The number of aryl methyl sites for hydroxylation is 1. The van der Waals surface area contributed by atoms with Gasteiger partial charge in [-0.1, -0.05) is 66.2 Å². The lowest BCUT2D eigenvalue weighted by molar-refractivity contribution is -0.126. The van der Waals surface area contributed by atoms with Crippen LogP contribution in [0.5, 0.6) is 0 Å². The topological polar surface area (TPSA) is 66.5 Å². The Kier molecular flexibility index (Phi) is 8.08. The van der Waals surface area contributed by atoms with Crippen molar-refractivity contribution < 1.29 is 14.4 Å². The molecule has 1 heterocycles. The van der Waals surface area contributed by atoms with Gasteiger partial charge < -0.3 is 5.32 Å². The van der Waals surface area contributed by atoms with Gasteiger partial charge in [0.25, 0.3) is 0 Å². The van der Waals surface area contributed by atoms with Crippen LogP contribution in [0.1, 0.15) is 44.9 Å². The maximum atomic E-state index is 13.8. The number of hydrogen-bond donors (Lipinski definition) is 1. The van der Waals surface area contributed by atoms with Crippen LogP contribution < -0.4 is 10.2 Å². The first kappa shape index (κ1) is 25.1. The van der Waals surface area contributed by atoms with E-state index in [2.05, 4.69) is 5.32 Å². The number of rotatable bonds is 9. The Hall–Kier alpha value is -4.03. The van der Waals surface area contributed by atoms with Crippen LogP contribution in [0.2, 0.25) is 0 Å². The zero-order valence-corrected chi connectivity index (χ0v) is 21.1. The highest BCUT2D eigenvalue weighted by molar-refractivity contribution is 7.10. The zero-order chi connectivity index (χ0) is 25.5. The molecule has 0 bridgehead atoms. The van der Waals surface area contributed by atoms with Crippen molar-refractivity contribution in [1.29, 1.82) is 0 Å². The number of amides is 2. The largest absolute Gasteiger partial charge is 0.350 e. The van der Waals surface area contributed by atoms with Crippen LogP contribution in [-0.2, 0) is 22.6 Å². The average molecular weight is 497 g/mol. The molecule has 6 heteroatoms. The lowest BCUT2D eigenvalue weighted by Gasteiger charge is -2.32. The maximum Gasteiger partial charge on any atom is 0.248 e. The SMILES string of the molecule is CC(=O)c1ccc(N(C(=O)Cc2cccs2)C(C(=O)NCc2ccccc2)c2ccc(C)cc2)cc1. The summed E-state index contributed by atoms with van der Waals surface area (Å²) in [7, 11) is 0. The molecular weight excluding hydrogens is 468 g/mol. The third-order valence-electron chi connectivity index (χ3n) is 5.94. The summed E-state index contributed by atoms with van der Waals surface area (Å²) in [6.45, 7) is 3.83. The van der Waals surface area contributed by atoms with E-state index in [0.29, 0.717) is 23.4 Å². The minimum absolute atomic E-state index is 0.0614. The summed E-state index contributed by atoms with van der Waals surface area (Å²) in [6, 6.07) is 27.1. The highest BCUT2D eigenvalue weighted by Crippen LogP contribution is 2.30. The van der Waals surface area contributed by atoms with Crippen LogP contribution in [0.15, 0.2) is 96.4 Å². The Morgan fingerprint density at radius 1 is 0.861 bits per heavy atom. The number of benzene rings is 3. The smallest absolute Gasteiger partial charge is 0.248 e. The molecule has 4 aromatic rings. The van der Waals surface area contributed by atoms with Crippen molar-refractivity contribution in [2.45, 2.75) is 32.9 Å². The van der Waals surface area contributed by atoms with Gasteiger partial charge in [-0.25, -0.2) is 0 Å². The highest BCUT2D eigenvalue weighted by atomic mass is 32.1. The van der Waals surface area contributed by atoms with Crippen molar-refractivity contribution in [2.24, 2.45) is 0 Å². The number of nitrogens with zero attached hydrogens (tertiary/aromatic N) is 1. The molecule has 0 spiro atoms. The van der Waals surface area contributed by atoms with E-state index >= 15 is 0 Å². The Labute approximate surface area is 215 Å². The molecular formula is C30H28N2O3S. The van der Waals surface area contributed by atoms with Crippen LogP contribution in [-0.4, -0.2) is 17.6 Å². The number of anilines is 1. The van der Waals surface area contributed by atoms with Gasteiger partial charge in [-0.15, -0.1) is 11.3 Å². The van der Waals surface area contributed by atoms with E-state index in [1.165, 1.54) is 18.3 Å². The molecule has 0 fully saturated rings. The zero-order valence-electron chi connectivity index (χ0n) is 20.3. The van der Waals surface area contributed by atoms with Crippen LogP contribution in [0, 0.1) is 6.92 Å². The second kappa shape index (κ2) is 11.6. The highest BCUT2D eigenvalue weighted by Gasteiger charge is 2.33. The molecule has 1 atom stereocenters. The minimum Gasteiger partial charge on any atom is -0.350 e. The molecule has 4 rings (SSSR count). The van der Waals surface area contributed by atoms with Crippen molar-refractivity contribution in [2.75, 3.05) is 4.90 Å². The Morgan fingerprint density at radius 2 is 1.56 bits per heavy atom. The Balaban J connectivity index is 1.74. The van der Waals surface area contributed by atoms with E-state index < -0.39 is 6.04 Å². The van der Waals surface area contributed by atoms with Crippen LogP contribution in [0.3, 0.4) is 0 Å². The normalized spacial score (nSPS) is 11.5. The number of carbonyl (C=O) groups is 3. The van der Waals surface area contributed by atoms with Gasteiger partial charge in [0.2, 0.25) is 11.8 Å². The lowest BCUT2D eigenvalue weighted by Crippen LogP contribution is -2.44. The molecule has 0 aliphatic rings. The molecule has 1 unspecified atom stereocenters. The van der Waals surface area contributed by atoms with Crippen molar-refractivity contribution in [3.8, 4) is 0 Å². The molecule has 0 aliphatic heterocycles. The first-order valence-electron chi connectivity index (χ1n) is 11.8. The number of thiophene rings is 1. The fourth-order valence-electron chi connectivity index (χ4n) is 3.99. The first-order valence-corrected chi connectivity index (χ1v) is 12.6. The summed E-state index contributed by atoms with van der Waals surface area (Å²) in [5.74, 6) is -0.542. The molecule has 0 saturated heterocycles. The van der Waals surface area contributed by atoms with E-state index in [0.717, 1.165) is 16.0 Å². The molecule has 0 radical (unpaired) electrons. The van der Waals surface area contributed by atoms with Crippen molar-refractivity contribution in [3.05, 3.63) is 124 Å². The summed E-state index contributed by atoms with van der Waals surface area (Å²) in [5.41, 5.74) is 3.84. The molecule has 1 aromatic heterocycles. The molecule has 1 N–H and O–H groups in total. The summed E-state index contributed by atoms with van der Waals surface area (Å²) >= 11 is 1.50. The summed E-state index contributed by atoms with van der Waals surface area (Å²) in [4.78, 5) is 41.8. The van der Waals surface area contributed by atoms with E-state index in [1.807, 2.05) is 79.0 Å². The number of Topliss-reactive ketones (excluding diaryl/α,β-unsaturated/α-hetero) is 1. The lowest BCUT2D eigenvalue weighted by atomic mass is 10.0.